The number of methoxy groups -OCH3 is 3. The van der Waals surface area contributed by atoms with Crippen molar-refractivity contribution in [2.45, 2.75) is 0 Å². The summed E-state index contributed by atoms with van der Waals surface area (Å²) >= 11 is 0. The van der Waals surface area contributed by atoms with Gasteiger partial charge >= 0.3 is 0 Å². The van der Waals surface area contributed by atoms with Crippen LogP contribution in [0.1, 0.15) is 0 Å². The van der Waals surface area contributed by atoms with Gasteiger partial charge in [0, 0.05) is 21.7 Å². The highest BCUT2D eigenvalue weighted by molar-refractivity contribution is 6.06. The van der Waals surface area contributed by atoms with Crippen molar-refractivity contribution in [3.05, 3.63) is 66.7 Å². The maximum atomic E-state index is 5.83. The Morgan fingerprint density at radius 3 is 1.69 bits per heavy atom. The molecule has 0 aromatic heterocycles. The largest absolute Gasteiger partial charge is 0.496 e. The fourth-order valence-electron chi connectivity index (χ4n) is 3.59. The first kappa shape index (κ1) is 16.3. The van der Waals surface area contributed by atoms with E-state index in [1.165, 1.54) is 0 Å². The summed E-state index contributed by atoms with van der Waals surface area (Å²) in [7, 11) is 5.11. The van der Waals surface area contributed by atoms with Crippen molar-refractivity contribution in [1.29, 1.82) is 0 Å². The van der Waals surface area contributed by atoms with E-state index in [9.17, 15) is 0 Å². The summed E-state index contributed by atoms with van der Waals surface area (Å²) in [6, 6.07) is 22.5. The molecule has 130 valence electrons. The van der Waals surface area contributed by atoms with Crippen molar-refractivity contribution >= 4 is 21.5 Å². The summed E-state index contributed by atoms with van der Waals surface area (Å²) in [5.74, 6) is 2.53. The molecule has 0 heterocycles. The highest BCUT2D eigenvalue weighted by Gasteiger charge is 2.17. The van der Waals surface area contributed by atoms with Crippen molar-refractivity contribution in [2.24, 2.45) is 0 Å². The van der Waals surface area contributed by atoms with Crippen LogP contribution in [-0.4, -0.2) is 21.3 Å². The molecule has 0 bridgehead atoms. The molecule has 0 radical (unpaired) electrons. The Hall–Kier alpha value is -3.20. The number of ether oxygens (including phenoxy) is 3. The van der Waals surface area contributed by atoms with Gasteiger partial charge in [-0.3, -0.25) is 0 Å². The lowest BCUT2D eigenvalue weighted by atomic mass is 9.94. The Balaban J connectivity index is 2.11. The Labute approximate surface area is 152 Å². The van der Waals surface area contributed by atoms with Gasteiger partial charge in [0.05, 0.1) is 21.3 Å². The topological polar surface area (TPSA) is 27.7 Å². The fraction of sp³-hybridized carbons (Fsp3) is 0.130. The second-order valence-electron chi connectivity index (χ2n) is 6.07. The molecule has 0 fully saturated rings. The molecular weight excluding hydrogens is 324 g/mol. The quantitative estimate of drug-likeness (QED) is 0.476. The fourth-order valence-corrected chi connectivity index (χ4v) is 3.59. The molecule has 0 saturated heterocycles. The van der Waals surface area contributed by atoms with Gasteiger partial charge in [0.25, 0.3) is 0 Å². The number of benzene rings is 4. The van der Waals surface area contributed by atoms with E-state index in [1.807, 2.05) is 36.4 Å². The summed E-state index contributed by atoms with van der Waals surface area (Å²) < 4.78 is 17.0. The Bertz CT molecular complexity index is 1100. The van der Waals surface area contributed by atoms with Crippen molar-refractivity contribution < 1.29 is 14.2 Å². The second-order valence-corrected chi connectivity index (χ2v) is 6.07. The monoisotopic (exact) mass is 344 g/mol. The van der Waals surface area contributed by atoms with Gasteiger partial charge in [0.2, 0.25) is 0 Å². The molecule has 0 atom stereocenters. The van der Waals surface area contributed by atoms with Crippen molar-refractivity contribution in [3.8, 4) is 28.4 Å². The van der Waals surface area contributed by atoms with E-state index < -0.39 is 0 Å². The van der Waals surface area contributed by atoms with Crippen LogP contribution in [0.2, 0.25) is 0 Å². The molecule has 4 aromatic carbocycles. The average Bonchev–Trinajstić information content (AvgIpc) is 2.71. The van der Waals surface area contributed by atoms with Gasteiger partial charge in [0.15, 0.2) is 0 Å². The summed E-state index contributed by atoms with van der Waals surface area (Å²) in [5, 5.41) is 4.25. The van der Waals surface area contributed by atoms with Crippen LogP contribution in [0.5, 0.6) is 17.2 Å². The number of fused-ring (bicyclic) bond motifs is 2. The van der Waals surface area contributed by atoms with E-state index in [0.29, 0.717) is 0 Å². The lowest BCUT2D eigenvalue weighted by molar-refractivity contribution is 0.412. The van der Waals surface area contributed by atoms with Crippen molar-refractivity contribution in [1.82, 2.24) is 0 Å². The Morgan fingerprint density at radius 2 is 1.08 bits per heavy atom. The van der Waals surface area contributed by atoms with Gasteiger partial charge in [-0.15, -0.1) is 0 Å². The van der Waals surface area contributed by atoms with Gasteiger partial charge < -0.3 is 14.2 Å². The zero-order chi connectivity index (χ0) is 18.1. The molecule has 0 saturated carbocycles. The molecule has 0 N–H and O–H groups in total. The average molecular weight is 344 g/mol. The molecule has 0 spiro atoms. The van der Waals surface area contributed by atoms with Crippen LogP contribution in [0.4, 0.5) is 0 Å². The lowest BCUT2D eigenvalue weighted by Crippen LogP contribution is -1.95. The summed E-state index contributed by atoms with van der Waals surface area (Å²) in [6.07, 6.45) is 0. The van der Waals surface area contributed by atoms with Gasteiger partial charge in [-0.25, -0.2) is 0 Å². The molecule has 0 unspecified atom stereocenters. The molecule has 4 aromatic rings. The predicted molar refractivity (Wildman–Crippen MR) is 107 cm³/mol. The standard InChI is InChI=1S/C23H20O3/c1-24-21-13-12-16(15-8-4-5-9-17(15)21)20-14-22(25-2)18-10-6-7-11-19(18)23(20)26-3/h4-14H,1-3H3. The maximum absolute atomic E-state index is 5.83. The smallest absolute Gasteiger partial charge is 0.134 e. The van der Waals surface area contributed by atoms with Crippen molar-refractivity contribution in [3.63, 3.8) is 0 Å². The molecule has 0 aliphatic rings. The number of hydrogen-bond donors (Lipinski definition) is 0. The van der Waals surface area contributed by atoms with E-state index >= 15 is 0 Å². The van der Waals surface area contributed by atoms with E-state index in [-0.39, 0.29) is 0 Å². The van der Waals surface area contributed by atoms with Crippen LogP contribution in [0.3, 0.4) is 0 Å². The summed E-state index contributed by atoms with van der Waals surface area (Å²) in [4.78, 5) is 0. The first-order valence-corrected chi connectivity index (χ1v) is 8.48. The van der Waals surface area contributed by atoms with E-state index in [2.05, 4.69) is 30.3 Å². The number of rotatable bonds is 4. The highest BCUT2D eigenvalue weighted by atomic mass is 16.5. The summed E-state index contributed by atoms with van der Waals surface area (Å²) in [5.41, 5.74) is 2.09. The van der Waals surface area contributed by atoms with Crippen LogP contribution in [0.15, 0.2) is 66.7 Å². The first-order valence-electron chi connectivity index (χ1n) is 8.48. The van der Waals surface area contributed by atoms with Gasteiger partial charge in [-0.05, 0) is 29.1 Å². The summed E-state index contributed by atoms with van der Waals surface area (Å²) in [6.45, 7) is 0. The van der Waals surface area contributed by atoms with Gasteiger partial charge in [-0.2, -0.15) is 0 Å². The maximum Gasteiger partial charge on any atom is 0.134 e. The third kappa shape index (κ3) is 2.44. The van der Waals surface area contributed by atoms with Crippen LogP contribution < -0.4 is 14.2 Å². The van der Waals surface area contributed by atoms with E-state index in [1.54, 1.807) is 21.3 Å². The Morgan fingerprint density at radius 1 is 0.500 bits per heavy atom. The molecule has 3 nitrogen and oxygen atoms in total. The van der Waals surface area contributed by atoms with Crippen LogP contribution >= 0.6 is 0 Å². The van der Waals surface area contributed by atoms with Crippen LogP contribution in [-0.2, 0) is 0 Å². The lowest BCUT2D eigenvalue weighted by Gasteiger charge is -2.17. The van der Waals surface area contributed by atoms with Gasteiger partial charge in [0.1, 0.15) is 17.2 Å². The predicted octanol–water partition coefficient (Wildman–Crippen LogP) is 5.69. The molecule has 0 aliphatic heterocycles. The van der Waals surface area contributed by atoms with Crippen molar-refractivity contribution in [2.75, 3.05) is 21.3 Å². The third-order valence-electron chi connectivity index (χ3n) is 4.78. The SMILES string of the molecule is COc1ccc(-c2cc(OC)c3ccccc3c2OC)c2ccccc12. The minimum absolute atomic E-state index is 0.830. The molecule has 26 heavy (non-hydrogen) atoms. The normalized spacial score (nSPS) is 10.9. The minimum Gasteiger partial charge on any atom is -0.496 e. The Kier molecular flexibility index (Phi) is 4.13. The van der Waals surface area contributed by atoms with Crippen LogP contribution in [0.25, 0.3) is 32.7 Å². The van der Waals surface area contributed by atoms with Crippen LogP contribution in [0, 0.1) is 0 Å². The number of hydrogen-bond acceptors (Lipinski definition) is 3. The van der Waals surface area contributed by atoms with E-state index in [4.69, 9.17) is 14.2 Å². The molecule has 3 heteroatoms. The molecule has 4 rings (SSSR count). The zero-order valence-corrected chi connectivity index (χ0v) is 15.1. The highest BCUT2D eigenvalue weighted by Crippen LogP contribution is 2.44. The third-order valence-corrected chi connectivity index (χ3v) is 4.78. The minimum atomic E-state index is 0.830. The van der Waals surface area contributed by atoms with E-state index in [0.717, 1.165) is 49.9 Å². The molecule has 0 amide bonds. The van der Waals surface area contributed by atoms with Gasteiger partial charge in [-0.1, -0.05) is 48.5 Å². The zero-order valence-electron chi connectivity index (χ0n) is 15.1. The molecular formula is C23H20O3. The second kappa shape index (κ2) is 6.60. The first-order chi connectivity index (χ1) is 12.8. The molecule has 0 aliphatic carbocycles.